The van der Waals surface area contributed by atoms with Crippen LogP contribution in [0.5, 0.6) is 0 Å². The summed E-state index contributed by atoms with van der Waals surface area (Å²) in [4.78, 5) is 21.3. The van der Waals surface area contributed by atoms with Crippen LogP contribution in [-0.4, -0.2) is 36.4 Å². The van der Waals surface area contributed by atoms with Gasteiger partial charge in [-0.25, -0.2) is 4.79 Å². The molecule has 0 heterocycles. The lowest BCUT2D eigenvalue weighted by atomic mass is 10.2. The molecule has 0 fully saturated rings. The van der Waals surface area contributed by atoms with Gasteiger partial charge in [0.2, 0.25) is 0 Å². The summed E-state index contributed by atoms with van der Waals surface area (Å²) in [6, 6.07) is 0. The molecule has 1 atom stereocenters. The van der Waals surface area contributed by atoms with Crippen molar-refractivity contribution >= 4 is 11.9 Å². The van der Waals surface area contributed by atoms with E-state index in [9.17, 15) is 9.59 Å². The first-order chi connectivity index (χ1) is 5.97. The summed E-state index contributed by atoms with van der Waals surface area (Å²) in [6.07, 6.45) is -1.61. The smallest absolute Gasteiger partial charge is 0.333 e. The zero-order valence-electron chi connectivity index (χ0n) is 7.94. The number of methoxy groups -OCH3 is 1. The van der Waals surface area contributed by atoms with Gasteiger partial charge in [-0.05, 0) is 13.8 Å². The first-order valence-corrected chi connectivity index (χ1v) is 3.92. The Labute approximate surface area is 76.6 Å². The maximum absolute atomic E-state index is 10.7. The second kappa shape index (κ2) is 5.53. The van der Waals surface area contributed by atoms with Gasteiger partial charge in [0.15, 0.2) is 6.10 Å². The van der Waals surface area contributed by atoms with Gasteiger partial charge >= 0.3 is 11.9 Å². The number of aliphatic carboxylic acids is 1. The third-order valence-electron chi connectivity index (χ3n) is 1.29. The van der Waals surface area contributed by atoms with Crippen LogP contribution in [0.15, 0.2) is 0 Å². The van der Waals surface area contributed by atoms with Crippen molar-refractivity contribution in [2.45, 2.75) is 32.5 Å². The lowest BCUT2D eigenvalue weighted by Gasteiger charge is -2.14. The molecule has 0 aliphatic carbocycles. The zero-order chi connectivity index (χ0) is 10.4. The largest absolute Gasteiger partial charge is 0.479 e. The summed E-state index contributed by atoms with van der Waals surface area (Å²) >= 11 is 0. The maximum atomic E-state index is 10.7. The summed E-state index contributed by atoms with van der Waals surface area (Å²) in [7, 11) is 1.20. The fourth-order valence-electron chi connectivity index (χ4n) is 0.757. The van der Waals surface area contributed by atoms with Gasteiger partial charge in [-0.2, -0.15) is 0 Å². The van der Waals surface area contributed by atoms with Gasteiger partial charge in [-0.15, -0.1) is 0 Å². The Morgan fingerprint density at radius 2 is 1.92 bits per heavy atom. The molecule has 0 aromatic carbocycles. The van der Waals surface area contributed by atoms with Crippen LogP contribution in [0.4, 0.5) is 0 Å². The molecule has 0 bridgehead atoms. The Balaban J connectivity index is 4.10. The molecule has 0 amide bonds. The van der Waals surface area contributed by atoms with E-state index in [-0.39, 0.29) is 12.5 Å². The highest BCUT2D eigenvalue weighted by atomic mass is 16.5. The molecule has 1 N–H and O–H groups in total. The predicted molar refractivity (Wildman–Crippen MR) is 44.3 cm³/mol. The molecule has 1 unspecified atom stereocenters. The van der Waals surface area contributed by atoms with Crippen molar-refractivity contribution in [2.75, 3.05) is 7.11 Å². The molecule has 5 heteroatoms. The SMILES string of the molecule is COC(=O)CC(OC(C)C)C(=O)O. The predicted octanol–water partition coefficient (Wildman–Crippen LogP) is 0.428. The maximum Gasteiger partial charge on any atom is 0.333 e. The van der Waals surface area contributed by atoms with Crippen LogP contribution in [0.3, 0.4) is 0 Å². The molecule has 0 saturated heterocycles. The molecule has 5 nitrogen and oxygen atoms in total. The van der Waals surface area contributed by atoms with Crippen LogP contribution in [0.25, 0.3) is 0 Å². The van der Waals surface area contributed by atoms with E-state index in [1.165, 1.54) is 7.11 Å². The second-order valence-corrected chi connectivity index (χ2v) is 2.79. The zero-order valence-corrected chi connectivity index (χ0v) is 7.94. The highest BCUT2D eigenvalue weighted by Crippen LogP contribution is 2.04. The normalized spacial score (nSPS) is 12.6. The van der Waals surface area contributed by atoms with Gasteiger partial charge in [-0.3, -0.25) is 4.79 Å². The van der Waals surface area contributed by atoms with Crippen molar-refractivity contribution in [1.29, 1.82) is 0 Å². The molecule has 0 aliphatic rings. The molecule has 76 valence electrons. The Bertz CT molecular complexity index is 187. The summed E-state index contributed by atoms with van der Waals surface area (Å²) in [5, 5.41) is 8.63. The third-order valence-corrected chi connectivity index (χ3v) is 1.29. The number of ether oxygens (including phenoxy) is 2. The Morgan fingerprint density at radius 3 is 2.23 bits per heavy atom. The molecular weight excluding hydrogens is 176 g/mol. The number of carboxylic acid groups (broad SMARTS) is 1. The first-order valence-electron chi connectivity index (χ1n) is 3.92. The number of carbonyl (C=O) groups excluding carboxylic acids is 1. The van der Waals surface area contributed by atoms with Gasteiger partial charge in [0.05, 0.1) is 19.6 Å². The number of hydrogen-bond acceptors (Lipinski definition) is 4. The van der Waals surface area contributed by atoms with Crippen LogP contribution in [0, 0.1) is 0 Å². The molecule has 0 rings (SSSR count). The van der Waals surface area contributed by atoms with Crippen LogP contribution in [0.2, 0.25) is 0 Å². The topological polar surface area (TPSA) is 72.8 Å². The van der Waals surface area contributed by atoms with Crippen molar-refractivity contribution in [2.24, 2.45) is 0 Å². The Hall–Kier alpha value is -1.10. The Morgan fingerprint density at radius 1 is 1.38 bits per heavy atom. The summed E-state index contributed by atoms with van der Waals surface area (Å²) in [5.74, 6) is -1.74. The van der Waals surface area contributed by atoms with Crippen molar-refractivity contribution in [3.63, 3.8) is 0 Å². The highest BCUT2D eigenvalue weighted by Gasteiger charge is 2.23. The van der Waals surface area contributed by atoms with Crippen molar-refractivity contribution in [1.82, 2.24) is 0 Å². The van der Waals surface area contributed by atoms with Crippen molar-refractivity contribution in [3.8, 4) is 0 Å². The molecule has 0 aromatic heterocycles. The minimum atomic E-state index is -1.15. The Kier molecular flexibility index (Phi) is 5.06. The van der Waals surface area contributed by atoms with E-state index in [0.717, 1.165) is 0 Å². The third kappa shape index (κ3) is 5.19. The van der Waals surface area contributed by atoms with Gasteiger partial charge in [0.1, 0.15) is 0 Å². The number of hydrogen-bond donors (Lipinski definition) is 1. The van der Waals surface area contributed by atoms with Gasteiger partial charge in [-0.1, -0.05) is 0 Å². The molecule has 13 heavy (non-hydrogen) atoms. The average molecular weight is 190 g/mol. The van der Waals surface area contributed by atoms with Gasteiger partial charge in [0, 0.05) is 0 Å². The van der Waals surface area contributed by atoms with Crippen LogP contribution < -0.4 is 0 Å². The van der Waals surface area contributed by atoms with E-state index in [1.807, 2.05) is 0 Å². The minimum absolute atomic E-state index is 0.231. The first kappa shape index (κ1) is 11.9. The molecule has 0 aromatic rings. The molecule has 0 radical (unpaired) electrons. The number of carboxylic acids is 1. The van der Waals surface area contributed by atoms with E-state index in [2.05, 4.69) is 4.74 Å². The number of esters is 1. The van der Waals surface area contributed by atoms with Crippen molar-refractivity contribution < 1.29 is 24.2 Å². The van der Waals surface area contributed by atoms with Crippen molar-refractivity contribution in [3.05, 3.63) is 0 Å². The monoisotopic (exact) mass is 190 g/mol. The van der Waals surface area contributed by atoms with E-state index < -0.39 is 18.0 Å². The summed E-state index contributed by atoms with van der Waals surface area (Å²) in [5.41, 5.74) is 0. The number of carbonyl (C=O) groups is 2. The molecule has 0 aliphatic heterocycles. The van der Waals surface area contributed by atoms with Gasteiger partial charge in [0.25, 0.3) is 0 Å². The average Bonchev–Trinajstić information content (AvgIpc) is 2.02. The number of rotatable bonds is 5. The minimum Gasteiger partial charge on any atom is -0.479 e. The standard InChI is InChI=1S/C8H14O5/c1-5(2)13-6(8(10)11)4-7(9)12-3/h5-6H,4H2,1-3H3,(H,10,11). The van der Waals surface area contributed by atoms with Gasteiger partial charge < -0.3 is 14.6 Å². The van der Waals surface area contributed by atoms with E-state index in [4.69, 9.17) is 9.84 Å². The lowest BCUT2D eigenvalue weighted by Crippen LogP contribution is -2.29. The highest BCUT2D eigenvalue weighted by molar-refractivity contribution is 5.80. The van der Waals surface area contributed by atoms with E-state index >= 15 is 0 Å². The summed E-state index contributed by atoms with van der Waals surface area (Å²) in [6.45, 7) is 3.40. The van der Waals surface area contributed by atoms with Crippen LogP contribution >= 0.6 is 0 Å². The fourth-order valence-corrected chi connectivity index (χ4v) is 0.757. The molecule has 0 saturated carbocycles. The van der Waals surface area contributed by atoms with Crippen LogP contribution in [0.1, 0.15) is 20.3 Å². The lowest BCUT2D eigenvalue weighted by molar-refractivity contribution is -0.160. The van der Waals surface area contributed by atoms with E-state index in [0.29, 0.717) is 0 Å². The van der Waals surface area contributed by atoms with Crippen LogP contribution in [-0.2, 0) is 19.1 Å². The van der Waals surface area contributed by atoms with E-state index in [1.54, 1.807) is 13.8 Å². The summed E-state index contributed by atoms with van der Waals surface area (Å²) < 4.78 is 9.31. The second-order valence-electron chi connectivity index (χ2n) is 2.79. The molecule has 0 spiro atoms. The fraction of sp³-hybridized carbons (Fsp3) is 0.750. The quantitative estimate of drug-likeness (QED) is 0.636. The molecular formula is C8H14O5.